The summed E-state index contributed by atoms with van der Waals surface area (Å²) in [6, 6.07) is 22.1. The molecule has 5 rings (SSSR count). The Morgan fingerprint density at radius 1 is 0.775 bits per heavy atom. The quantitative estimate of drug-likeness (QED) is 0.129. The third-order valence-corrected chi connectivity index (χ3v) is 8.17. The predicted molar refractivity (Wildman–Crippen MR) is 157 cm³/mol. The van der Waals surface area contributed by atoms with Gasteiger partial charge in [0, 0.05) is 12.1 Å². The molecular weight excluding hydrogens is 594 g/mol. The fourth-order valence-corrected chi connectivity index (χ4v) is 5.45. The van der Waals surface area contributed by atoms with Crippen molar-refractivity contribution >= 4 is 69.8 Å². The van der Waals surface area contributed by atoms with Crippen LogP contribution < -0.4 is 10.1 Å². The van der Waals surface area contributed by atoms with E-state index in [0.29, 0.717) is 17.2 Å². The molecule has 4 aromatic rings. The number of rotatable bonds is 7. The van der Waals surface area contributed by atoms with Crippen molar-refractivity contribution in [1.82, 2.24) is 4.90 Å². The van der Waals surface area contributed by atoms with E-state index in [1.807, 2.05) is 37.3 Å². The van der Waals surface area contributed by atoms with E-state index >= 15 is 0 Å². The monoisotopic (exact) mass is 612 g/mol. The van der Waals surface area contributed by atoms with Gasteiger partial charge in [-0.25, -0.2) is 0 Å². The van der Waals surface area contributed by atoms with Gasteiger partial charge in [-0.15, -0.1) is 0 Å². The van der Waals surface area contributed by atoms with E-state index < -0.39 is 23.8 Å². The summed E-state index contributed by atoms with van der Waals surface area (Å²) in [5.41, 5.74) is 1.86. The van der Waals surface area contributed by atoms with Crippen molar-refractivity contribution in [3.8, 4) is 11.5 Å². The molecule has 202 valence electrons. The zero-order valence-corrected chi connectivity index (χ0v) is 23.9. The lowest BCUT2D eigenvalue weighted by atomic mass is 10.0. The molecule has 0 fully saturated rings. The van der Waals surface area contributed by atoms with Gasteiger partial charge in [0.1, 0.15) is 17.5 Å². The summed E-state index contributed by atoms with van der Waals surface area (Å²) in [7, 11) is 0. The Balaban J connectivity index is 1.43. The second-order valence-electron chi connectivity index (χ2n) is 9.12. The van der Waals surface area contributed by atoms with Crippen molar-refractivity contribution < 1.29 is 19.1 Å². The Labute approximate surface area is 250 Å². The number of amides is 3. The van der Waals surface area contributed by atoms with Crippen molar-refractivity contribution in [2.75, 3.05) is 5.32 Å². The van der Waals surface area contributed by atoms with E-state index in [1.165, 1.54) is 0 Å². The van der Waals surface area contributed by atoms with Crippen molar-refractivity contribution in [3.05, 3.63) is 121 Å². The summed E-state index contributed by atoms with van der Waals surface area (Å²) in [5.74, 6) is -0.910. The van der Waals surface area contributed by atoms with Gasteiger partial charge in [0.15, 0.2) is 0 Å². The summed E-state index contributed by atoms with van der Waals surface area (Å²) in [5, 5.41) is 2.11. The normalized spacial score (nSPS) is 13.3. The third kappa shape index (κ3) is 5.40. The van der Waals surface area contributed by atoms with E-state index in [9.17, 15) is 14.4 Å². The van der Waals surface area contributed by atoms with Crippen LogP contribution in [-0.4, -0.2) is 28.7 Å². The van der Waals surface area contributed by atoms with Gasteiger partial charge in [-0.3, -0.25) is 19.3 Å². The second kappa shape index (κ2) is 11.5. The lowest BCUT2D eigenvalue weighted by Crippen LogP contribution is -2.48. The van der Waals surface area contributed by atoms with Crippen LogP contribution in [0.4, 0.5) is 5.69 Å². The highest BCUT2D eigenvalue weighted by Crippen LogP contribution is 2.45. The molecule has 0 spiro atoms. The maximum atomic E-state index is 13.7. The lowest BCUT2D eigenvalue weighted by Gasteiger charge is -2.25. The van der Waals surface area contributed by atoms with E-state index in [0.717, 1.165) is 16.0 Å². The molecule has 6 nitrogen and oxygen atoms in total. The maximum absolute atomic E-state index is 13.7. The number of anilines is 1. The predicted octanol–water partition coefficient (Wildman–Crippen LogP) is 8.25. The smallest absolute Gasteiger partial charge is 0.263 e. The first kappa shape index (κ1) is 28.0. The first-order valence-corrected chi connectivity index (χ1v) is 13.6. The summed E-state index contributed by atoms with van der Waals surface area (Å²) < 4.78 is 5.88. The van der Waals surface area contributed by atoms with Crippen LogP contribution in [0.2, 0.25) is 20.1 Å². The van der Waals surface area contributed by atoms with Crippen LogP contribution >= 0.6 is 46.4 Å². The average Bonchev–Trinajstić information content (AvgIpc) is 3.20. The number of carbonyl (C=O) groups is 3. The Hall–Kier alpha value is -3.55. The fourth-order valence-electron chi connectivity index (χ4n) is 4.43. The molecule has 0 radical (unpaired) electrons. The Morgan fingerprint density at radius 3 is 1.95 bits per heavy atom. The maximum Gasteiger partial charge on any atom is 0.263 e. The molecule has 4 aromatic carbocycles. The minimum absolute atomic E-state index is 0.0450. The van der Waals surface area contributed by atoms with Crippen molar-refractivity contribution in [1.29, 1.82) is 0 Å². The zero-order chi connectivity index (χ0) is 28.6. The van der Waals surface area contributed by atoms with Gasteiger partial charge in [-0.2, -0.15) is 0 Å². The second-order valence-corrected chi connectivity index (χ2v) is 10.6. The number of benzene rings is 4. The number of halogens is 4. The minimum Gasteiger partial charge on any atom is -0.457 e. The molecule has 0 aliphatic carbocycles. The van der Waals surface area contributed by atoms with Gasteiger partial charge >= 0.3 is 0 Å². The number of aryl methyl sites for hydroxylation is 1. The topological polar surface area (TPSA) is 75.7 Å². The van der Waals surface area contributed by atoms with Gasteiger partial charge < -0.3 is 10.1 Å². The number of fused-ring (bicyclic) bond motifs is 1. The number of imide groups is 1. The average molecular weight is 614 g/mol. The molecule has 0 aromatic heterocycles. The Bertz CT molecular complexity index is 1600. The molecule has 1 aliphatic heterocycles. The van der Waals surface area contributed by atoms with Crippen LogP contribution in [0.15, 0.2) is 78.9 Å². The van der Waals surface area contributed by atoms with Crippen molar-refractivity contribution in [3.63, 3.8) is 0 Å². The van der Waals surface area contributed by atoms with E-state index in [-0.39, 0.29) is 37.6 Å². The molecule has 1 heterocycles. The molecule has 1 aliphatic rings. The first-order valence-electron chi connectivity index (χ1n) is 12.1. The minimum atomic E-state index is -1.23. The SMILES string of the molecule is Cc1cccc(Oc2ccc(NC(=O)[C@H](Cc3ccccc3)N3C(=O)c4c(Cl)c(Cl)c(Cl)c(Cl)c4C3=O)cc2)c1. The molecule has 10 heteroatoms. The molecule has 0 bridgehead atoms. The number of hydrogen-bond acceptors (Lipinski definition) is 4. The highest BCUT2D eigenvalue weighted by molar-refractivity contribution is 6.55. The standard InChI is InChI=1S/C30H20Cl4N2O4/c1-16-6-5-9-20(14-16)40-19-12-10-18(11-13-19)35-28(37)21(15-17-7-3-2-4-8-17)36-29(38)22-23(30(36)39)25(32)27(34)26(33)24(22)31/h2-14,21H,15H2,1H3,(H,35,37)/t21-/m0/s1. The lowest BCUT2D eigenvalue weighted by molar-refractivity contribution is -0.119. The zero-order valence-electron chi connectivity index (χ0n) is 20.9. The van der Waals surface area contributed by atoms with Gasteiger partial charge in [0.25, 0.3) is 11.8 Å². The van der Waals surface area contributed by atoms with E-state index in [2.05, 4.69) is 5.32 Å². The highest BCUT2D eigenvalue weighted by atomic mass is 35.5. The Kier molecular flexibility index (Phi) is 8.06. The van der Waals surface area contributed by atoms with Crippen LogP contribution in [0.3, 0.4) is 0 Å². The van der Waals surface area contributed by atoms with Gasteiger partial charge in [0.05, 0.1) is 31.2 Å². The number of nitrogens with one attached hydrogen (secondary N) is 1. The summed E-state index contributed by atoms with van der Waals surface area (Å²) in [6.45, 7) is 1.97. The molecule has 1 atom stereocenters. The van der Waals surface area contributed by atoms with Crippen LogP contribution in [0.25, 0.3) is 0 Å². The fraction of sp³-hybridized carbons (Fsp3) is 0.100. The molecule has 1 N–H and O–H groups in total. The van der Waals surface area contributed by atoms with Crippen LogP contribution in [0, 0.1) is 6.92 Å². The molecular formula is C30H20Cl4N2O4. The Morgan fingerprint density at radius 2 is 1.38 bits per heavy atom. The van der Waals surface area contributed by atoms with Crippen LogP contribution in [0.5, 0.6) is 11.5 Å². The molecule has 0 saturated carbocycles. The van der Waals surface area contributed by atoms with E-state index in [1.54, 1.807) is 48.5 Å². The van der Waals surface area contributed by atoms with Gasteiger partial charge in [0.2, 0.25) is 5.91 Å². The summed E-state index contributed by atoms with van der Waals surface area (Å²) in [4.78, 5) is 41.6. The van der Waals surface area contributed by atoms with Crippen LogP contribution in [0.1, 0.15) is 31.8 Å². The largest absolute Gasteiger partial charge is 0.457 e. The number of carbonyl (C=O) groups excluding carboxylic acids is 3. The molecule has 3 amide bonds. The number of nitrogens with zero attached hydrogens (tertiary/aromatic N) is 1. The molecule has 0 unspecified atom stereocenters. The number of hydrogen-bond donors (Lipinski definition) is 1. The first-order chi connectivity index (χ1) is 19.2. The van der Waals surface area contributed by atoms with Crippen molar-refractivity contribution in [2.45, 2.75) is 19.4 Å². The highest BCUT2D eigenvalue weighted by Gasteiger charge is 2.46. The molecule has 0 saturated heterocycles. The van der Waals surface area contributed by atoms with Crippen molar-refractivity contribution in [2.24, 2.45) is 0 Å². The van der Waals surface area contributed by atoms with Gasteiger partial charge in [-0.1, -0.05) is 88.9 Å². The summed E-state index contributed by atoms with van der Waals surface area (Å²) in [6.07, 6.45) is 0.0450. The summed E-state index contributed by atoms with van der Waals surface area (Å²) >= 11 is 24.9. The van der Waals surface area contributed by atoms with E-state index in [4.69, 9.17) is 51.1 Å². The third-order valence-electron chi connectivity index (χ3n) is 6.37. The van der Waals surface area contributed by atoms with Crippen LogP contribution in [-0.2, 0) is 11.2 Å². The number of ether oxygens (including phenoxy) is 1. The molecule has 40 heavy (non-hydrogen) atoms. The van der Waals surface area contributed by atoms with Gasteiger partial charge in [-0.05, 0) is 54.4 Å².